The van der Waals surface area contributed by atoms with Crippen LogP contribution in [0.15, 0.2) is 30.6 Å². The molecular formula is C17H23Cl2N5. The van der Waals surface area contributed by atoms with Gasteiger partial charge in [-0.2, -0.15) is 0 Å². The van der Waals surface area contributed by atoms with Crippen molar-refractivity contribution in [1.82, 2.24) is 24.2 Å². The van der Waals surface area contributed by atoms with Crippen LogP contribution in [0.1, 0.15) is 12.0 Å². The first kappa shape index (κ1) is 18.8. The van der Waals surface area contributed by atoms with Gasteiger partial charge in [-0.1, -0.05) is 18.2 Å². The van der Waals surface area contributed by atoms with E-state index in [1.807, 2.05) is 6.33 Å². The lowest BCUT2D eigenvalue weighted by atomic mass is 10.1. The van der Waals surface area contributed by atoms with Gasteiger partial charge in [0, 0.05) is 30.5 Å². The van der Waals surface area contributed by atoms with Crippen molar-refractivity contribution in [2.45, 2.75) is 25.9 Å². The number of likely N-dealkylation sites (N-methyl/N-ethyl adjacent to an activating group) is 1. The van der Waals surface area contributed by atoms with Crippen LogP contribution >= 0.6 is 24.8 Å². The quantitative estimate of drug-likeness (QED) is 0.713. The molecule has 0 saturated carbocycles. The monoisotopic (exact) mass is 367 g/mol. The maximum atomic E-state index is 4.42. The van der Waals surface area contributed by atoms with Crippen LogP contribution in [-0.4, -0.2) is 44.9 Å². The van der Waals surface area contributed by atoms with E-state index in [9.17, 15) is 0 Å². The molecule has 4 rings (SSSR count). The van der Waals surface area contributed by atoms with Gasteiger partial charge in [-0.05, 0) is 38.6 Å². The molecule has 1 aliphatic heterocycles. The first-order chi connectivity index (χ1) is 10.8. The summed E-state index contributed by atoms with van der Waals surface area (Å²) in [5.41, 5.74) is 4.00. The predicted octanol–water partition coefficient (Wildman–Crippen LogP) is 3.25. The van der Waals surface area contributed by atoms with Crippen molar-refractivity contribution in [2.24, 2.45) is 0 Å². The number of benzene rings is 1. The molecular weight excluding hydrogens is 345 g/mol. The van der Waals surface area contributed by atoms with Gasteiger partial charge in [0.25, 0.3) is 0 Å². The van der Waals surface area contributed by atoms with Crippen molar-refractivity contribution in [2.75, 3.05) is 20.6 Å². The number of fused-ring (bicyclic) bond motifs is 5. The molecule has 5 nitrogen and oxygen atoms in total. The van der Waals surface area contributed by atoms with E-state index in [0.29, 0.717) is 0 Å². The highest BCUT2D eigenvalue weighted by atomic mass is 35.5. The van der Waals surface area contributed by atoms with E-state index >= 15 is 0 Å². The van der Waals surface area contributed by atoms with Crippen molar-refractivity contribution in [3.05, 3.63) is 36.2 Å². The van der Waals surface area contributed by atoms with Crippen molar-refractivity contribution >= 4 is 35.7 Å². The summed E-state index contributed by atoms with van der Waals surface area (Å²) in [7, 11) is 4.24. The van der Waals surface area contributed by atoms with E-state index in [1.165, 1.54) is 22.2 Å². The van der Waals surface area contributed by atoms with Gasteiger partial charge in [-0.25, -0.2) is 0 Å². The second-order valence-corrected chi connectivity index (χ2v) is 6.25. The molecule has 2 aromatic heterocycles. The molecule has 0 bridgehead atoms. The molecule has 3 heterocycles. The third-order valence-corrected chi connectivity index (χ3v) is 4.50. The van der Waals surface area contributed by atoms with Crippen LogP contribution in [0.25, 0.3) is 22.4 Å². The third-order valence-electron chi connectivity index (χ3n) is 4.50. The predicted molar refractivity (Wildman–Crippen MR) is 102 cm³/mol. The normalized spacial score (nSPS) is 13.0. The van der Waals surface area contributed by atoms with Crippen LogP contribution in [0.5, 0.6) is 0 Å². The van der Waals surface area contributed by atoms with Gasteiger partial charge in [-0.15, -0.1) is 35.0 Å². The Bertz CT molecular complexity index is 822. The Morgan fingerprint density at radius 1 is 1.17 bits per heavy atom. The molecule has 1 aromatic carbocycles. The Morgan fingerprint density at radius 3 is 2.75 bits per heavy atom. The highest BCUT2D eigenvalue weighted by molar-refractivity contribution is 5.91. The highest BCUT2D eigenvalue weighted by Crippen LogP contribution is 2.35. The van der Waals surface area contributed by atoms with Crippen LogP contribution in [-0.2, 0) is 19.5 Å². The molecule has 0 amide bonds. The van der Waals surface area contributed by atoms with Gasteiger partial charge >= 0.3 is 0 Å². The fourth-order valence-electron chi connectivity index (χ4n) is 3.44. The average Bonchev–Trinajstić information content (AvgIpc) is 3.04. The lowest BCUT2D eigenvalue weighted by Gasteiger charge is -2.14. The molecule has 0 spiro atoms. The van der Waals surface area contributed by atoms with Crippen molar-refractivity contribution < 1.29 is 0 Å². The second-order valence-electron chi connectivity index (χ2n) is 6.25. The van der Waals surface area contributed by atoms with Crippen LogP contribution in [0, 0.1) is 0 Å². The van der Waals surface area contributed by atoms with Crippen LogP contribution in [0.3, 0.4) is 0 Å². The fourth-order valence-corrected chi connectivity index (χ4v) is 3.44. The lowest BCUT2D eigenvalue weighted by Crippen LogP contribution is -2.19. The minimum atomic E-state index is 0. The molecule has 130 valence electrons. The summed E-state index contributed by atoms with van der Waals surface area (Å²) >= 11 is 0. The summed E-state index contributed by atoms with van der Waals surface area (Å²) in [6.07, 6.45) is 4.10. The smallest absolute Gasteiger partial charge is 0.180 e. The minimum absolute atomic E-state index is 0. The van der Waals surface area contributed by atoms with E-state index in [2.05, 4.69) is 62.6 Å². The average molecular weight is 368 g/mol. The minimum Gasteiger partial charge on any atom is -0.336 e. The Balaban J connectivity index is 0.00000104. The summed E-state index contributed by atoms with van der Waals surface area (Å²) in [4.78, 5) is 2.22. The largest absolute Gasteiger partial charge is 0.336 e. The third kappa shape index (κ3) is 3.04. The molecule has 0 atom stereocenters. The maximum absolute atomic E-state index is 4.42. The Labute approximate surface area is 154 Å². The molecule has 24 heavy (non-hydrogen) atoms. The standard InChI is InChI=1S/C17H21N5.2ClH/c1-20(2)10-11-22-15-8-4-3-6-13(15)14-7-5-9-21-12-18-19-17(21)16(14)22;;/h3-4,6,8,12H,5,7,9-11H2,1-2H3;2*1H. The number of aryl methyl sites for hydroxylation is 2. The molecule has 0 fully saturated rings. The van der Waals surface area contributed by atoms with Crippen molar-refractivity contribution in [3.63, 3.8) is 0 Å². The summed E-state index contributed by atoms with van der Waals surface area (Å²) < 4.78 is 4.62. The zero-order chi connectivity index (χ0) is 15.1. The molecule has 0 radical (unpaired) electrons. The molecule has 0 saturated heterocycles. The molecule has 7 heteroatoms. The van der Waals surface area contributed by atoms with Gasteiger partial charge in [0.05, 0.1) is 5.69 Å². The van der Waals surface area contributed by atoms with E-state index < -0.39 is 0 Å². The number of para-hydroxylation sites is 1. The lowest BCUT2D eigenvalue weighted by molar-refractivity contribution is 0.387. The topological polar surface area (TPSA) is 38.9 Å². The summed E-state index contributed by atoms with van der Waals surface area (Å²) in [5, 5.41) is 9.93. The zero-order valence-corrected chi connectivity index (χ0v) is 15.6. The van der Waals surface area contributed by atoms with Gasteiger partial charge in [0.15, 0.2) is 5.82 Å². The number of hydrogen-bond acceptors (Lipinski definition) is 3. The Morgan fingerprint density at radius 2 is 1.96 bits per heavy atom. The molecule has 1 aliphatic rings. The van der Waals surface area contributed by atoms with Gasteiger partial charge < -0.3 is 14.0 Å². The Hall–Kier alpha value is -1.56. The first-order valence-electron chi connectivity index (χ1n) is 7.88. The van der Waals surface area contributed by atoms with Crippen LogP contribution < -0.4 is 0 Å². The Kier molecular flexibility index (Phi) is 5.91. The van der Waals surface area contributed by atoms with Crippen molar-refractivity contribution in [3.8, 4) is 11.5 Å². The van der Waals surface area contributed by atoms with E-state index in [-0.39, 0.29) is 24.8 Å². The van der Waals surface area contributed by atoms with Crippen LogP contribution in [0.2, 0.25) is 0 Å². The van der Waals surface area contributed by atoms with E-state index in [1.54, 1.807) is 0 Å². The molecule has 0 aliphatic carbocycles. The van der Waals surface area contributed by atoms with Crippen molar-refractivity contribution in [1.29, 1.82) is 0 Å². The molecule has 0 unspecified atom stereocenters. The number of halogens is 2. The number of rotatable bonds is 3. The van der Waals surface area contributed by atoms with Gasteiger partial charge in [0.1, 0.15) is 6.33 Å². The SMILES string of the molecule is CN(C)CCn1c2c(c3ccccc31)CCCn1cnnc1-2.Cl.Cl. The molecule has 3 aromatic rings. The zero-order valence-electron chi connectivity index (χ0n) is 14.0. The van der Waals surface area contributed by atoms with Gasteiger partial charge in [-0.3, -0.25) is 0 Å². The summed E-state index contributed by atoms with van der Waals surface area (Å²) in [6.45, 7) is 2.98. The number of hydrogen-bond donors (Lipinski definition) is 0. The van der Waals surface area contributed by atoms with E-state index in [0.717, 1.165) is 38.3 Å². The summed E-state index contributed by atoms with van der Waals surface area (Å²) in [6, 6.07) is 8.72. The first-order valence-corrected chi connectivity index (χ1v) is 7.88. The van der Waals surface area contributed by atoms with Crippen LogP contribution in [0.4, 0.5) is 0 Å². The number of aromatic nitrogens is 4. The fraction of sp³-hybridized carbons (Fsp3) is 0.412. The number of nitrogens with zero attached hydrogens (tertiary/aromatic N) is 5. The maximum Gasteiger partial charge on any atom is 0.180 e. The van der Waals surface area contributed by atoms with E-state index in [4.69, 9.17) is 0 Å². The van der Waals surface area contributed by atoms with Gasteiger partial charge in [0.2, 0.25) is 0 Å². The molecule has 0 N–H and O–H groups in total. The highest BCUT2D eigenvalue weighted by Gasteiger charge is 2.24. The second kappa shape index (κ2) is 7.55. The summed E-state index contributed by atoms with van der Waals surface area (Å²) in [5.74, 6) is 1.02.